The zero-order chi connectivity index (χ0) is 17.7. The molecule has 0 bridgehead atoms. The number of rotatable bonds is 7. The number of hydrogen-bond acceptors (Lipinski definition) is 5. The predicted octanol–water partition coefficient (Wildman–Crippen LogP) is 1.20. The number of anilines is 1. The van der Waals surface area contributed by atoms with Gasteiger partial charge in [-0.1, -0.05) is 20.3 Å². The van der Waals surface area contributed by atoms with Gasteiger partial charge in [-0.15, -0.1) is 0 Å². The monoisotopic (exact) mass is 356 g/mol. The van der Waals surface area contributed by atoms with Gasteiger partial charge in [-0.05, 0) is 25.7 Å². The van der Waals surface area contributed by atoms with Gasteiger partial charge in [-0.3, -0.25) is 4.79 Å². The van der Waals surface area contributed by atoms with Crippen molar-refractivity contribution in [1.82, 2.24) is 14.3 Å². The van der Waals surface area contributed by atoms with Gasteiger partial charge >= 0.3 is 0 Å². The first-order valence-corrected chi connectivity index (χ1v) is 10.3. The Bertz CT molecular complexity index is 694. The van der Waals surface area contributed by atoms with Crippen molar-refractivity contribution >= 4 is 15.8 Å². The Morgan fingerprint density at radius 1 is 1.33 bits per heavy atom. The fraction of sp³-hybridized carbons (Fsp3) is 0.750. The molecule has 1 aliphatic rings. The Balaban J connectivity index is 1.96. The number of aromatic nitrogens is 2. The minimum Gasteiger partial charge on any atom is -0.352 e. The van der Waals surface area contributed by atoms with Crippen molar-refractivity contribution in [2.75, 3.05) is 23.7 Å². The van der Waals surface area contributed by atoms with Gasteiger partial charge in [-0.25, -0.2) is 18.1 Å². The van der Waals surface area contributed by atoms with E-state index in [1.165, 1.54) is 0 Å². The molecule has 8 heteroatoms. The average molecular weight is 356 g/mol. The number of sulfonamides is 1. The molecule has 1 fully saturated rings. The van der Waals surface area contributed by atoms with Gasteiger partial charge in [0, 0.05) is 38.1 Å². The SMILES string of the molecule is CCC(C)CS(=O)(=O)NC1CCN(c2nccn(CC)c2=O)CC1. The van der Waals surface area contributed by atoms with Crippen molar-refractivity contribution in [2.24, 2.45) is 5.92 Å². The topological polar surface area (TPSA) is 84.3 Å². The summed E-state index contributed by atoms with van der Waals surface area (Å²) >= 11 is 0. The lowest BCUT2D eigenvalue weighted by molar-refractivity contribution is 0.453. The van der Waals surface area contributed by atoms with Crippen LogP contribution in [0.3, 0.4) is 0 Å². The Morgan fingerprint density at radius 2 is 2.00 bits per heavy atom. The molecule has 0 aliphatic carbocycles. The molecule has 2 rings (SSSR count). The highest BCUT2D eigenvalue weighted by molar-refractivity contribution is 7.89. The number of nitrogens with zero attached hydrogens (tertiary/aromatic N) is 3. The van der Waals surface area contributed by atoms with Crippen LogP contribution in [0.15, 0.2) is 17.2 Å². The molecule has 1 aliphatic heterocycles. The largest absolute Gasteiger partial charge is 0.352 e. The molecule has 1 atom stereocenters. The van der Waals surface area contributed by atoms with Crippen LogP contribution in [0, 0.1) is 5.92 Å². The zero-order valence-electron chi connectivity index (χ0n) is 14.7. The first kappa shape index (κ1) is 18.9. The van der Waals surface area contributed by atoms with Crippen LogP contribution >= 0.6 is 0 Å². The van der Waals surface area contributed by atoms with Gasteiger partial charge in [0.05, 0.1) is 5.75 Å². The molecule has 24 heavy (non-hydrogen) atoms. The molecule has 0 radical (unpaired) electrons. The van der Waals surface area contributed by atoms with E-state index in [1.54, 1.807) is 17.0 Å². The smallest absolute Gasteiger partial charge is 0.293 e. The lowest BCUT2D eigenvalue weighted by Gasteiger charge is -2.32. The second-order valence-electron chi connectivity index (χ2n) is 6.52. The van der Waals surface area contributed by atoms with E-state index in [-0.39, 0.29) is 23.3 Å². The van der Waals surface area contributed by atoms with Crippen molar-refractivity contribution in [3.05, 3.63) is 22.7 Å². The standard InChI is InChI=1S/C16H28N4O3S/c1-4-13(3)12-24(22,23)18-14-6-9-20(10-7-14)15-16(21)19(5-2)11-8-17-15/h8,11,13-14,18H,4-7,9-10,12H2,1-3H3. The first-order valence-electron chi connectivity index (χ1n) is 8.66. The first-order chi connectivity index (χ1) is 11.4. The maximum atomic E-state index is 12.3. The summed E-state index contributed by atoms with van der Waals surface area (Å²) in [6, 6.07) is -0.0626. The summed E-state index contributed by atoms with van der Waals surface area (Å²) < 4.78 is 28.8. The van der Waals surface area contributed by atoms with Gasteiger partial charge in [0.25, 0.3) is 5.56 Å². The highest BCUT2D eigenvalue weighted by Crippen LogP contribution is 2.16. The second-order valence-corrected chi connectivity index (χ2v) is 8.31. The Kier molecular flexibility index (Phi) is 6.40. The Hall–Kier alpha value is -1.41. The summed E-state index contributed by atoms with van der Waals surface area (Å²) in [5.74, 6) is 0.786. The van der Waals surface area contributed by atoms with Crippen LogP contribution < -0.4 is 15.2 Å². The van der Waals surface area contributed by atoms with E-state index in [2.05, 4.69) is 9.71 Å². The molecule has 136 valence electrons. The lowest BCUT2D eigenvalue weighted by Crippen LogP contribution is -2.47. The van der Waals surface area contributed by atoms with Gasteiger partial charge in [0.2, 0.25) is 10.0 Å². The van der Waals surface area contributed by atoms with Crippen molar-refractivity contribution < 1.29 is 8.42 Å². The van der Waals surface area contributed by atoms with Crippen molar-refractivity contribution in [3.63, 3.8) is 0 Å². The van der Waals surface area contributed by atoms with Crippen molar-refractivity contribution in [1.29, 1.82) is 0 Å². The van der Waals surface area contributed by atoms with Crippen LogP contribution in [0.1, 0.15) is 40.0 Å². The summed E-state index contributed by atoms with van der Waals surface area (Å²) in [6.45, 7) is 7.74. The third kappa shape index (κ3) is 4.80. The molecule has 0 aromatic carbocycles. The average Bonchev–Trinajstić information content (AvgIpc) is 2.55. The van der Waals surface area contributed by atoms with E-state index in [1.807, 2.05) is 25.7 Å². The molecule has 1 aromatic rings. The molecule has 1 saturated heterocycles. The van der Waals surface area contributed by atoms with Gasteiger partial charge < -0.3 is 9.47 Å². The molecule has 0 saturated carbocycles. The minimum atomic E-state index is -3.24. The van der Waals surface area contributed by atoms with Gasteiger partial charge in [0.1, 0.15) is 0 Å². The highest BCUT2D eigenvalue weighted by Gasteiger charge is 2.26. The fourth-order valence-electron chi connectivity index (χ4n) is 2.91. The molecular weight excluding hydrogens is 328 g/mol. The van der Waals surface area contributed by atoms with Crippen molar-refractivity contribution in [3.8, 4) is 0 Å². The number of hydrogen-bond donors (Lipinski definition) is 1. The number of aryl methyl sites for hydroxylation is 1. The van der Waals surface area contributed by atoms with Gasteiger partial charge in [0.15, 0.2) is 5.82 Å². The van der Waals surface area contributed by atoms with Crippen LogP contribution in [-0.2, 0) is 16.6 Å². The molecule has 0 spiro atoms. The maximum Gasteiger partial charge on any atom is 0.293 e. The van der Waals surface area contributed by atoms with Crippen LogP contribution in [-0.4, -0.2) is 42.9 Å². The van der Waals surface area contributed by atoms with E-state index in [0.717, 1.165) is 6.42 Å². The number of piperidine rings is 1. The molecule has 7 nitrogen and oxygen atoms in total. The summed E-state index contributed by atoms with van der Waals surface area (Å²) in [6.07, 6.45) is 5.54. The number of nitrogens with one attached hydrogen (secondary N) is 1. The second kappa shape index (κ2) is 8.11. The van der Waals surface area contributed by atoms with Crippen LogP contribution in [0.25, 0.3) is 0 Å². The Labute approximate surface area is 144 Å². The predicted molar refractivity (Wildman–Crippen MR) is 95.8 cm³/mol. The van der Waals surface area contributed by atoms with Crippen LogP contribution in [0.4, 0.5) is 5.82 Å². The van der Waals surface area contributed by atoms with E-state index in [0.29, 0.717) is 38.3 Å². The van der Waals surface area contributed by atoms with Crippen LogP contribution in [0.5, 0.6) is 0 Å². The minimum absolute atomic E-state index is 0.0626. The molecule has 1 unspecified atom stereocenters. The maximum absolute atomic E-state index is 12.3. The van der Waals surface area contributed by atoms with E-state index in [9.17, 15) is 13.2 Å². The zero-order valence-corrected chi connectivity index (χ0v) is 15.6. The Morgan fingerprint density at radius 3 is 2.58 bits per heavy atom. The summed E-state index contributed by atoms with van der Waals surface area (Å²) in [5.41, 5.74) is -0.0872. The van der Waals surface area contributed by atoms with Crippen LogP contribution in [0.2, 0.25) is 0 Å². The molecule has 0 amide bonds. The lowest BCUT2D eigenvalue weighted by atomic mass is 10.1. The van der Waals surface area contributed by atoms with Gasteiger partial charge in [-0.2, -0.15) is 0 Å². The molecule has 2 heterocycles. The summed E-state index contributed by atoms with van der Waals surface area (Å²) in [7, 11) is -3.24. The van der Waals surface area contributed by atoms with Crippen molar-refractivity contribution in [2.45, 2.75) is 52.6 Å². The molecule has 1 aromatic heterocycles. The molecular formula is C16H28N4O3S. The van der Waals surface area contributed by atoms with E-state index >= 15 is 0 Å². The quantitative estimate of drug-likeness (QED) is 0.793. The summed E-state index contributed by atoms with van der Waals surface area (Å²) in [4.78, 5) is 18.5. The third-order valence-corrected chi connectivity index (χ3v) is 6.28. The molecule has 1 N–H and O–H groups in total. The normalized spacial score (nSPS) is 17.9. The third-order valence-electron chi connectivity index (χ3n) is 4.58. The fourth-order valence-corrected chi connectivity index (χ4v) is 4.73. The summed E-state index contributed by atoms with van der Waals surface area (Å²) in [5, 5.41) is 0. The highest BCUT2D eigenvalue weighted by atomic mass is 32.2. The van der Waals surface area contributed by atoms with E-state index in [4.69, 9.17) is 0 Å². The van der Waals surface area contributed by atoms with E-state index < -0.39 is 10.0 Å².